The van der Waals surface area contributed by atoms with E-state index in [1.54, 1.807) is 13.0 Å². The van der Waals surface area contributed by atoms with Crippen molar-refractivity contribution in [2.45, 2.75) is 27.7 Å². The highest BCUT2D eigenvalue weighted by molar-refractivity contribution is 6.31. The molecule has 168 valence electrons. The molecule has 0 radical (unpaired) electrons. The van der Waals surface area contributed by atoms with Gasteiger partial charge in [-0.15, -0.1) is 0 Å². The van der Waals surface area contributed by atoms with Crippen LogP contribution >= 0.6 is 23.2 Å². The molecular formula is C27H24Cl2N2O2. The average Bonchev–Trinajstić information content (AvgIpc) is 3.18. The summed E-state index contributed by atoms with van der Waals surface area (Å²) in [6.45, 7) is 8.14. The Balaban J connectivity index is 2.14. The van der Waals surface area contributed by atoms with Crippen molar-refractivity contribution in [3.63, 3.8) is 0 Å². The van der Waals surface area contributed by atoms with Gasteiger partial charge in [-0.3, -0.25) is 4.57 Å². The van der Waals surface area contributed by atoms with Gasteiger partial charge in [-0.1, -0.05) is 53.5 Å². The first-order chi connectivity index (χ1) is 15.8. The second kappa shape index (κ2) is 9.42. The van der Waals surface area contributed by atoms with Crippen LogP contribution in [0.15, 0.2) is 60.7 Å². The SMILES string of the molecule is CCOC(=O)c1nc(-c2ccc(C)c(C)c2)n(-c2cc(Cl)ccc2C)c1-c1cccc(Cl)c1. The molecule has 0 fully saturated rings. The van der Waals surface area contributed by atoms with Crippen molar-refractivity contribution in [2.75, 3.05) is 6.61 Å². The number of hydrogen-bond donors (Lipinski definition) is 0. The lowest BCUT2D eigenvalue weighted by molar-refractivity contribution is 0.0521. The zero-order valence-corrected chi connectivity index (χ0v) is 20.5. The third kappa shape index (κ3) is 4.54. The Hall–Kier alpha value is -3.08. The van der Waals surface area contributed by atoms with Crippen LogP contribution in [0.3, 0.4) is 0 Å². The number of halogens is 2. The van der Waals surface area contributed by atoms with Crippen LogP contribution in [0.5, 0.6) is 0 Å². The van der Waals surface area contributed by atoms with Gasteiger partial charge < -0.3 is 4.74 Å². The van der Waals surface area contributed by atoms with Crippen molar-refractivity contribution >= 4 is 29.2 Å². The Morgan fingerprint density at radius 2 is 1.61 bits per heavy atom. The van der Waals surface area contributed by atoms with Crippen LogP contribution in [0, 0.1) is 20.8 Å². The summed E-state index contributed by atoms with van der Waals surface area (Å²) in [5, 5.41) is 1.15. The fraction of sp³-hybridized carbons (Fsp3) is 0.185. The maximum absolute atomic E-state index is 13.1. The first-order valence-electron chi connectivity index (χ1n) is 10.7. The number of esters is 1. The van der Waals surface area contributed by atoms with Gasteiger partial charge in [-0.25, -0.2) is 9.78 Å². The van der Waals surface area contributed by atoms with Gasteiger partial charge in [0.15, 0.2) is 5.69 Å². The zero-order valence-electron chi connectivity index (χ0n) is 18.9. The quantitative estimate of drug-likeness (QED) is 0.277. The number of rotatable bonds is 5. The summed E-state index contributed by atoms with van der Waals surface area (Å²) in [5.41, 5.74) is 6.60. The second-order valence-electron chi connectivity index (χ2n) is 7.93. The molecule has 1 aromatic heterocycles. The van der Waals surface area contributed by atoms with Gasteiger partial charge in [0, 0.05) is 21.2 Å². The van der Waals surface area contributed by atoms with Gasteiger partial charge in [-0.05, 0) is 74.7 Å². The molecule has 1 heterocycles. The lowest BCUT2D eigenvalue weighted by Gasteiger charge is -2.16. The van der Waals surface area contributed by atoms with Crippen LogP contribution in [-0.4, -0.2) is 22.1 Å². The summed E-state index contributed by atoms with van der Waals surface area (Å²) < 4.78 is 7.36. The summed E-state index contributed by atoms with van der Waals surface area (Å²) in [6, 6.07) is 19.2. The minimum Gasteiger partial charge on any atom is -0.461 e. The van der Waals surface area contributed by atoms with E-state index < -0.39 is 5.97 Å². The molecule has 33 heavy (non-hydrogen) atoms. The number of aromatic nitrogens is 2. The summed E-state index contributed by atoms with van der Waals surface area (Å²) in [6.07, 6.45) is 0. The first kappa shape index (κ1) is 23.1. The Morgan fingerprint density at radius 1 is 0.879 bits per heavy atom. The molecule has 0 saturated carbocycles. The van der Waals surface area contributed by atoms with Crippen LogP contribution in [0.2, 0.25) is 10.0 Å². The van der Waals surface area contributed by atoms with Crippen LogP contribution < -0.4 is 0 Å². The van der Waals surface area contributed by atoms with Crippen molar-refractivity contribution in [3.05, 3.63) is 93.1 Å². The third-order valence-electron chi connectivity index (χ3n) is 5.62. The second-order valence-corrected chi connectivity index (χ2v) is 8.80. The highest BCUT2D eigenvalue weighted by Gasteiger charge is 2.27. The Bertz CT molecular complexity index is 1360. The van der Waals surface area contributed by atoms with Crippen molar-refractivity contribution in [2.24, 2.45) is 0 Å². The molecule has 0 unspecified atom stereocenters. The number of hydrogen-bond acceptors (Lipinski definition) is 3. The Labute approximate surface area is 203 Å². The van der Waals surface area contributed by atoms with Crippen LogP contribution in [0.4, 0.5) is 0 Å². The van der Waals surface area contributed by atoms with Gasteiger partial charge in [0.2, 0.25) is 0 Å². The zero-order chi connectivity index (χ0) is 23.7. The highest BCUT2D eigenvalue weighted by atomic mass is 35.5. The minimum atomic E-state index is -0.490. The smallest absolute Gasteiger partial charge is 0.359 e. The van der Waals surface area contributed by atoms with E-state index in [2.05, 4.69) is 26.0 Å². The van der Waals surface area contributed by atoms with Gasteiger partial charge in [0.05, 0.1) is 18.0 Å². The number of aryl methyl sites for hydroxylation is 3. The van der Waals surface area contributed by atoms with E-state index in [9.17, 15) is 4.79 Å². The van der Waals surface area contributed by atoms with Gasteiger partial charge in [-0.2, -0.15) is 0 Å². The Kier molecular flexibility index (Phi) is 6.59. The lowest BCUT2D eigenvalue weighted by Crippen LogP contribution is -2.08. The van der Waals surface area contributed by atoms with E-state index >= 15 is 0 Å². The number of imidazole rings is 1. The molecule has 0 N–H and O–H groups in total. The third-order valence-corrected chi connectivity index (χ3v) is 6.09. The lowest BCUT2D eigenvalue weighted by atomic mass is 10.1. The molecule has 0 aliphatic heterocycles. The molecule has 3 aromatic carbocycles. The number of benzene rings is 3. The fourth-order valence-electron chi connectivity index (χ4n) is 3.80. The molecule has 0 bridgehead atoms. The van der Waals surface area contributed by atoms with Crippen molar-refractivity contribution in [1.82, 2.24) is 9.55 Å². The normalized spacial score (nSPS) is 11.0. The molecular weight excluding hydrogens is 455 g/mol. The highest BCUT2D eigenvalue weighted by Crippen LogP contribution is 2.37. The van der Waals surface area contributed by atoms with Crippen molar-refractivity contribution in [1.29, 1.82) is 0 Å². The molecule has 4 nitrogen and oxygen atoms in total. The topological polar surface area (TPSA) is 44.1 Å². The maximum Gasteiger partial charge on any atom is 0.359 e. The molecule has 0 spiro atoms. The van der Waals surface area contributed by atoms with Gasteiger partial charge in [0.25, 0.3) is 0 Å². The minimum absolute atomic E-state index is 0.228. The van der Waals surface area contributed by atoms with E-state index in [1.807, 2.05) is 54.0 Å². The van der Waals surface area contributed by atoms with E-state index in [-0.39, 0.29) is 12.3 Å². The molecule has 0 aliphatic rings. The van der Waals surface area contributed by atoms with Crippen LogP contribution in [0.1, 0.15) is 34.1 Å². The molecule has 0 saturated heterocycles. The maximum atomic E-state index is 13.1. The number of nitrogens with zero attached hydrogens (tertiary/aromatic N) is 2. The molecule has 4 rings (SSSR count). The average molecular weight is 479 g/mol. The molecule has 6 heteroatoms. The molecule has 4 aromatic rings. The summed E-state index contributed by atoms with van der Waals surface area (Å²) in [7, 11) is 0. The van der Waals surface area contributed by atoms with E-state index in [1.165, 1.54) is 5.56 Å². The fourth-order valence-corrected chi connectivity index (χ4v) is 4.15. The first-order valence-corrected chi connectivity index (χ1v) is 11.5. The van der Waals surface area contributed by atoms with Crippen LogP contribution in [-0.2, 0) is 4.74 Å². The standard InChI is InChI=1S/C27H24Cl2N2O2/c1-5-33-27(32)24-25(19-7-6-8-21(28)14-19)31(23-15-22(29)12-10-17(23)3)26(30-24)20-11-9-16(2)18(4)13-20/h6-15H,5H2,1-4H3. The Morgan fingerprint density at radius 3 is 2.30 bits per heavy atom. The largest absolute Gasteiger partial charge is 0.461 e. The van der Waals surface area contributed by atoms with E-state index in [0.29, 0.717) is 21.6 Å². The van der Waals surface area contributed by atoms with Crippen molar-refractivity contribution in [3.8, 4) is 28.3 Å². The van der Waals surface area contributed by atoms with E-state index in [4.69, 9.17) is 32.9 Å². The summed E-state index contributed by atoms with van der Waals surface area (Å²) in [4.78, 5) is 17.9. The van der Waals surface area contributed by atoms with Gasteiger partial charge in [0.1, 0.15) is 5.82 Å². The number of carbonyl (C=O) groups is 1. The van der Waals surface area contributed by atoms with Crippen LogP contribution in [0.25, 0.3) is 28.3 Å². The van der Waals surface area contributed by atoms with Crippen molar-refractivity contribution < 1.29 is 9.53 Å². The van der Waals surface area contributed by atoms with Gasteiger partial charge >= 0.3 is 5.97 Å². The number of carbonyl (C=O) groups excluding carboxylic acids is 1. The number of ether oxygens (including phenoxy) is 1. The monoisotopic (exact) mass is 478 g/mol. The predicted molar refractivity (Wildman–Crippen MR) is 135 cm³/mol. The summed E-state index contributed by atoms with van der Waals surface area (Å²) >= 11 is 12.7. The van der Waals surface area contributed by atoms with E-state index in [0.717, 1.165) is 27.9 Å². The molecule has 0 atom stereocenters. The summed E-state index contributed by atoms with van der Waals surface area (Å²) in [5.74, 6) is 0.137. The molecule has 0 amide bonds. The molecule has 0 aliphatic carbocycles. The predicted octanol–water partition coefficient (Wildman–Crippen LogP) is 7.62.